The lowest BCUT2D eigenvalue weighted by Gasteiger charge is -2.17. The third-order valence-corrected chi connectivity index (χ3v) is 3.81. The van der Waals surface area contributed by atoms with Crippen LogP contribution in [0.2, 0.25) is 0 Å². The minimum Gasteiger partial charge on any atom is -0.376 e. The van der Waals surface area contributed by atoms with E-state index in [1.165, 1.54) is 5.56 Å². The Balaban J connectivity index is 2.59. The van der Waals surface area contributed by atoms with Crippen molar-refractivity contribution in [3.05, 3.63) is 62.6 Å². The van der Waals surface area contributed by atoms with Crippen LogP contribution in [0.5, 0.6) is 0 Å². The Morgan fingerprint density at radius 3 is 2.64 bits per heavy atom. The van der Waals surface area contributed by atoms with Crippen LogP contribution in [0.3, 0.4) is 0 Å². The van der Waals surface area contributed by atoms with E-state index in [0.717, 1.165) is 28.8 Å². The van der Waals surface area contributed by atoms with Gasteiger partial charge in [-0.1, -0.05) is 36.8 Å². The first-order valence-electron chi connectivity index (χ1n) is 7.29. The molecule has 1 aromatic carbocycles. The molecule has 0 spiro atoms. The van der Waals surface area contributed by atoms with Crippen LogP contribution in [0.1, 0.15) is 34.9 Å². The van der Waals surface area contributed by atoms with Gasteiger partial charge >= 0.3 is 0 Å². The number of rotatable bonds is 4. The highest BCUT2D eigenvalue weighted by atomic mass is 32.1. The highest BCUT2D eigenvalue weighted by Crippen LogP contribution is 2.23. The van der Waals surface area contributed by atoms with Crippen molar-refractivity contribution in [3.63, 3.8) is 0 Å². The molecule has 0 unspecified atom stereocenters. The molecule has 0 bridgehead atoms. The third kappa shape index (κ3) is 3.54. The van der Waals surface area contributed by atoms with E-state index in [9.17, 15) is 4.79 Å². The number of anilines is 1. The number of aromatic amines is 1. The summed E-state index contributed by atoms with van der Waals surface area (Å²) in [4.78, 5) is 15.2. The van der Waals surface area contributed by atoms with Crippen molar-refractivity contribution in [2.24, 2.45) is 5.73 Å². The maximum atomic E-state index is 12.3. The second kappa shape index (κ2) is 6.75. The van der Waals surface area contributed by atoms with Crippen LogP contribution in [0.15, 0.2) is 29.1 Å². The number of hydrogen-bond acceptors (Lipinski definition) is 2. The molecule has 0 saturated heterocycles. The third-order valence-electron chi connectivity index (χ3n) is 3.71. The number of H-pyrrole nitrogens is 1. The van der Waals surface area contributed by atoms with Gasteiger partial charge in [0.25, 0.3) is 5.56 Å². The predicted octanol–water partition coefficient (Wildman–Crippen LogP) is 2.80. The quantitative estimate of drug-likeness (QED) is 0.759. The fourth-order valence-electron chi connectivity index (χ4n) is 2.78. The highest BCUT2D eigenvalue weighted by molar-refractivity contribution is 7.80. The van der Waals surface area contributed by atoms with Crippen molar-refractivity contribution in [2.75, 3.05) is 5.32 Å². The first kappa shape index (κ1) is 16.2. The molecule has 0 amide bonds. The molecular formula is C17H21N3OS. The SMILES string of the molecule is CCc1c(C)[nH]c(=O)c(NC(N)=S)c1Cc1cccc(C)c1. The molecule has 0 aliphatic carbocycles. The van der Waals surface area contributed by atoms with Crippen LogP contribution in [0.25, 0.3) is 0 Å². The average molecular weight is 315 g/mol. The van der Waals surface area contributed by atoms with Gasteiger partial charge in [0.15, 0.2) is 5.11 Å². The van der Waals surface area contributed by atoms with E-state index in [1.54, 1.807) is 0 Å². The molecular weight excluding hydrogens is 294 g/mol. The molecule has 2 rings (SSSR count). The van der Waals surface area contributed by atoms with Gasteiger partial charge in [0, 0.05) is 12.1 Å². The fraction of sp³-hybridized carbons (Fsp3) is 0.294. The zero-order valence-corrected chi connectivity index (χ0v) is 13.9. The molecule has 2 aromatic rings. The summed E-state index contributed by atoms with van der Waals surface area (Å²) >= 11 is 4.91. The van der Waals surface area contributed by atoms with Gasteiger partial charge in [-0.3, -0.25) is 4.79 Å². The van der Waals surface area contributed by atoms with Gasteiger partial charge in [-0.25, -0.2) is 0 Å². The van der Waals surface area contributed by atoms with Crippen LogP contribution in [0.4, 0.5) is 5.69 Å². The fourth-order valence-corrected chi connectivity index (χ4v) is 2.88. The summed E-state index contributed by atoms with van der Waals surface area (Å²) in [6, 6.07) is 8.27. The first-order valence-corrected chi connectivity index (χ1v) is 7.69. The monoisotopic (exact) mass is 315 g/mol. The van der Waals surface area contributed by atoms with E-state index in [1.807, 2.05) is 13.0 Å². The molecule has 0 radical (unpaired) electrons. The molecule has 0 atom stereocenters. The summed E-state index contributed by atoms with van der Waals surface area (Å²) in [6.45, 7) is 6.05. The first-order chi connectivity index (χ1) is 10.4. The summed E-state index contributed by atoms with van der Waals surface area (Å²) in [6.07, 6.45) is 1.50. The Morgan fingerprint density at radius 1 is 1.32 bits per heavy atom. The molecule has 5 heteroatoms. The number of aryl methyl sites for hydroxylation is 2. The highest BCUT2D eigenvalue weighted by Gasteiger charge is 2.15. The van der Waals surface area contributed by atoms with Crippen LogP contribution in [-0.4, -0.2) is 10.1 Å². The van der Waals surface area contributed by atoms with Gasteiger partial charge in [-0.05, 0) is 49.2 Å². The van der Waals surface area contributed by atoms with Crippen LogP contribution < -0.4 is 16.6 Å². The minimum atomic E-state index is -0.190. The summed E-state index contributed by atoms with van der Waals surface area (Å²) in [5, 5.41) is 2.94. The van der Waals surface area contributed by atoms with Crippen LogP contribution >= 0.6 is 12.2 Å². The molecule has 116 valence electrons. The standard InChI is InChI=1S/C17H21N3OS/c1-4-13-11(3)19-16(21)15(20-17(18)22)14(13)9-12-7-5-6-10(2)8-12/h5-8H,4,9H2,1-3H3,(H,19,21)(H3,18,20,22). The number of pyridine rings is 1. The summed E-state index contributed by atoms with van der Waals surface area (Å²) in [7, 11) is 0. The zero-order chi connectivity index (χ0) is 16.3. The maximum absolute atomic E-state index is 12.3. The zero-order valence-electron chi connectivity index (χ0n) is 13.1. The molecule has 0 aliphatic heterocycles. The van der Waals surface area contributed by atoms with Gasteiger partial charge < -0.3 is 16.0 Å². The summed E-state index contributed by atoms with van der Waals surface area (Å²) in [5.41, 5.74) is 11.2. The van der Waals surface area contributed by atoms with E-state index in [-0.39, 0.29) is 10.7 Å². The van der Waals surface area contributed by atoms with Gasteiger partial charge in [0.05, 0.1) is 0 Å². The lowest BCUT2D eigenvalue weighted by molar-refractivity contribution is 0.978. The van der Waals surface area contributed by atoms with E-state index in [0.29, 0.717) is 12.1 Å². The van der Waals surface area contributed by atoms with E-state index < -0.39 is 0 Å². The number of nitrogens with two attached hydrogens (primary N) is 1. The second-order valence-electron chi connectivity index (χ2n) is 5.42. The number of aromatic nitrogens is 1. The van der Waals surface area contributed by atoms with Crippen LogP contribution in [-0.2, 0) is 12.8 Å². The largest absolute Gasteiger partial charge is 0.376 e. The Kier molecular flexibility index (Phi) is 4.98. The lowest BCUT2D eigenvalue weighted by Crippen LogP contribution is -2.27. The Labute approximate surface area is 135 Å². The topological polar surface area (TPSA) is 70.9 Å². The predicted molar refractivity (Wildman–Crippen MR) is 95.6 cm³/mol. The maximum Gasteiger partial charge on any atom is 0.272 e. The molecule has 0 fully saturated rings. The number of nitrogens with one attached hydrogen (secondary N) is 2. The number of hydrogen-bond donors (Lipinski definition) is 3. The number of thiocarbonyl (C=S) groups is 1. The second-order valence-corrected chi connectivity index (χ2v) is 5.86. The molecule has 0 saturated carbocycles. The van der Waals surface area contributed by atoms with E-state index >= 15 is 0 Å². The van der Waals surface area contributed by atoms with Crippen molar-refractivity contribution < 1.29 is 0 Å². The minimum absolute atomic E-state index is 0.0990. The number of benzene rings is 1. The van der Waals surface area contributed by atoms with Crippen molar-refractivity contribution in [2.45, 2.75) is 33.6 Å². The molecule has 22 heavy (non-hydrogen) atoms. The molecule has 4 N–H and O–H groups in total. The molecule has 4 nitrogen and oxygen atoms in total. The lowest BCUT2D eigenvalue weighted by atomic mass is 9.95. The van der Waals surface area contributed by atoms with Crippen molar-refractivity contribution in [3.8, 4) is 0 Å². The van der Waals surface area contributed by atoms with Gasteiger partial charge in [-0.2, -0.15) is 0 Å². The molecule has 0 aliphatic rings. The van der Waals surface area contributed by atoms with Gasteiger partial charge in [0.2, 0.25) is 0 Å². The Hall–Kier alpha value is -2.14. The molecule has 1 aromatic heterocycles. The van der Waals surface area contributed by atoms with Gasteiger partial charge in [-0.15, -0.1) is 0 Å². The van der Waals surface area contributed by atoms with Crippen molar-refractivity contribution in [1.82, 2.24) is 4.98 Å². The summed E-state index contributed by atoms with van der Waals surface area (Å²) < 4.78 is 0. The normalized spacial score (nSPS) is 10.5. The van der Waals surface area contributed by atoms with Crippen LogP contribution in [0, 0.1) is 13.8 Å². The van der Waals surface area contributed by atoms with Crippen molar-refractivity contribution in [1.29, 1.82) is 0 Å². The Bertz CT molecular complexity index is 765. The van der Waals surface area contributed by atoms with Crippen molar-refractivity contribution >= 4 is 23.0 Å². The van der Waals surface area contributed by atoms with E-state index in [2.05, 4.69) is 42.3 Å². The smallest absolute Gasteiger partial charge is 0.272 e. The Morgan fingerprint density at radius 2 is 2.05 bits per heavy atom. The average Bonchev–Trinajstić information content (AvgIpc) is 2.43. The molecule has 1 heterocycles. The van der Waals surface area contributed by atoms with E-state index in [4.69, 9.17) is 18.0 Å². The van der Waals surface area contributed by atoms with Gasteiger partial charge in [0.1, 0.15) is 5.69 Å². The summed E-state index contributed by atoms with van der Waals surface area (Å²) in [5.74, 6) is 0.